The number of hydrogen-bond donors (Lipinski definition) is 2. The molecular weight excluding hydrogens is 497 g/mol. The van der Waals surface area contributed by atoms with Gasteiger partial charge in [0.15, 0.2) is 0 Å². The predicted molar refractivity (Wildman–Crippen MR) is 155 cm³/mol. The topological polar surface area (TPSA) is 79.2 Å². The Morgan fingerprint density at radius 2 is 1.77 bits per heavy atom. The molecule has 0 aliphatic carbocycles. The summed E-state index contributed by atoms with van der Waals surface area (Å²) >= 11 is 0. The van der Waals surface area contributed by atoms with Crippen molar-refractivity contribution in [2.75, 3.05) is 45.4 Å². The molecule has 1 aliphatic heterocycles. The number of carboxylic acid groups (broad SMARTS) is 1. The molecule has 0 saturated carbocycles. The molecule has 1 aliphatic rings. The number of carboxylic acids is 1. The van der Waals surface area contributed by atoms with Gasteiger partial charge >= 0.3 is 0 Å². The van der Waals surface area contributed by atoms with Crippen LogP contribution in [0.5, 0.6) is 5.75 Å². The molecule has 1 unspecified atom stereocenters. The van der Waals surface area contributed by atoms with Crippen LogP contribution in [0.3, 0.4) is 0 Å². The van der Waals surface area contributed by atoms with Gasteiger partial charge in [0.2, 0.25) is 0 Å². The van der Waals surface area contributed by atoms with Crippen LogP contribution in [0, 0.1) is 18.7 Å². The van der Waals surface area contributed by atoms with Crippen molar-refractivity contribution in [2.45, 2.75) is 40.0 Å². The highest BCUT2D eigenvalue weighted by atomic mass is 19.1. The Kier molecular flexibility index (Phi) is 13.5. The number of aliphatic hydroxyl groups is 1. The highest BCUT2D eigenvalue weighted by molar-refractivity contribution is 5.67. The molecule has 1 saturated heterocycles. The first kappa shape index (κ1) is 31.8. The summed E-state index contributed by atoms with van der Waals surface area (Å²) < 4.78 is 24.2. The molecule has 0 amide bonds. The van der Waals surface area contributed by atoms with Gasteiger partial charge in [-0.1, -0.05) is 37.3 Å². The van der Waals surface area contributed by atoms with Crippen LogP contribution in [0.4, 0.5) is 10.1 Å². The Morgan fingerprint density at radius 3 is 2.28 bits per heavy atom. The molecule has 1 atom stereocenters. The summed E-state index contributed by atoms with van der Waals surface area (Å²) in [5.74, 6) is 0.380. The van der Waals surface area contributed by atoms with Gasteiger partial charge in [0.05, 0.1) is 7.11 Å². The number of benzene rings is 3. The third-order valence-corrected chi connectivity index (χ3v) is 6.45. The van der Waals surface area contributed by atoms with Crippen LogP contribution in [0.25, 0.3) is 11.1 Å². The lowest BCUT2D eigenvalue weighted by atomic mass is 9.95. The van der Waals surface area contributed by atoms with Crippen molar-refractivity contribution >= 4 is 11.7 Å². The molecule has 2 N–H and O–H groups in total. The number of anilines is 1. The Hall–Kier alpha value is -3.42. The van der Waals surface area contributed by atoms with Crippen molar-refractivity contribution in [1.82, 2.24) is 0 Å². The van der Waals surface area contributed by atoms with Crippen molar-refractivity contribution in [2.24, 2.45) is 5.92 Å². The minimum Gasteiger partial charge on any atom is -0.497 e. The molecule has 1 heterocycles. The molecule has 3 aromatic rings. The first-order valence-corrected chi connectivity index (χ1v) is 13.2. The van der Waals surface area contributed by atoms with Crippen molar-refractivity contribution in [3.8, 4) is 16.9 Å². The fraction of sp³-hybridized carbons (Fsp3) is 0.406. The molecule has 3 aromatic carbocycles. The number of methoxy groups -OCH3 is 2. The quantitative estimate of drug-likeness (QED) is 0.325. The summed E-state index contributed by atoms with van der Waals surface area (Å²) in [6.07, 6.45) is 2.90. The second-order valence-electron chi connectivity index (χ2n) is 9.76. The van der Waals surface area contributed by atoms with Gasteiger partial charge in [0.1, 0.15) is 11.6 Å². The Bertz CT molecular complexity index is 1160. The molecule has 6 nitrogen and oxygen atoms in total. The van der Waals surface area contributed by atoms with E-state index in [2.05, 4.69) is 59.9 Å². The van der Waals surface area contributed by atoms with Gasteiger partial charge in [-0.2, -0.15) is 0 Å². The zero-order valence-electron chi connectivity index (χ0n) is 23.7. The maximum Gasteiger partial charge on any atom is 0.300 e. The second kappa shape index (κ2) is 16.5. The molecule has 7 heteroatoms. The largest absolute Gasteiger partial charge is 0.497 e. The Balaban J connectivity index is 0.000000458. The van der Waals surface area contributed by atoms with Gasteiger partial charge in [0, 0.05) is 51.6 Å². The number of hydrogen-bond acceptors (Lipinski definition) is 5. The maximum atomic E-state index is 14.3. The van der Waals surface area contributed by atoms with Crippen molar-refractivity contribution in [3.63, 3.8) is 0 Å². The second-order valence-corrected chi connectivity index (χ2v) is 9.76. The van der Waals surface area contributed by atoms with Crippen LogP contribution in [-0.2, 0) is 16.0 Å². The lowest BCUT2D eigenvalue weighted by Crippen LogP contribution is -2.18. The molecule has 39 heavy (non-hydrogen) atoms. The van der Waals surface area contributed by atoms with Gasteiger partial charge < -0.3 is 24.6 Å². The fourth-order valence-corrected chi connectivity index (χ4v) is 4.34. The number of ether oxygens (including phenoxy) is 2. The van der Waals surface area contributed by atoms with E-state index in [1.807, 2.05) is 6.07 Å². The van der Waals surface area contributed by atoms with Gasteiger partial charge in [0.25, 0.3) is 5.97 Å². The van der Waals surface area contributed by atoms with Crippen LogP contribution in [0.15, 0.2) is 60.7 Å². The van der Waals surface area contributed by atoms with Gasteiger partial charge in [-0.05, 0) is 84.7 Å². The SMILES string of the molecule is CC(=O)O.COCCCO.COc1ccc(F)c(-c2ccc(Cc3ccc(N4CCC(C)C4)cc3)c(C)c2)c1. The van der Waals surface area contributed by atoms with Crippen LogP contribution in [0.1, 0.15) is 43.4 Å². The van der Waals surface area contributed by atoms with E-state index in [1.165, 1.54) is 34.9 Å². The molecule has 4 rings (SSSR count). The molecule has 0 aromatic heterocycles. The van der Waals surface area contributed by atoms with E-state index in [9.17, 15) is 4.39 Å². The lowest BCUT2D eigenvalue weighted by molar-refractivity contribution is -0.134. The van der Waals surface area contributed by atoms with E-state index >= 15 is 0 Å². The summed E-state index contributed by atoms with van der Waals surface area (Å²) in [5.41, 5.74) is 6.49. The molecule has 0 radical (unpaired) electrons. The summed E-state index contributed by atoms with van der Waals surface area (Å²) in [7, 11) is 3.22. The monoisotopic (exact) mass is 539 g/mol. The van der Waals surface area contributed by atoms with Crippen molar-refractivity contribution in [1.29, 1.82) is 0 Å². The molecule has 212 valence electrons. The maximum absolute atomic E-state index is 14.3. The summed E-state index contributed by atoms with van der Waals surface area (Å²) in [4.78, 5) is 11.5. The normalized spacial score (nSPS) is 14.1. The summed E-state index contributed by atoms with van der Waals surface area (Å²) in [6, 6.07) is 20.0. The molecular formula is C32H42FNO5. The summed E-state index contributed by atoms with van der Waals surface area (Å²) in [5, 5.41) is 15.5. The smallest absolute Gasteiger partial charge is 0.300 e. The third-order valence-electron chi connectivity index (χ3n) is 6.45. The molecule has 0 spiro atoms. The van der Waals surface area contributed by atoms with Crippen LogP contribution >= 0.6 is 0 Å². The highest BCUT2D eigenvalue weighted by Gasteiger charge is 2.18. The average molecular weight is 540 g/mol. The number of aliphatic carboxylic acids is 1. The number of halogens is 1. The lowest BCUT2D eigenvalue weighted by Gasteiger charge is -2.18. The van der Waals surface area contributed by atoms with E-state index in [4.69, 9.17) is 19.7 Å². The minimum atomic E-state index is -0.833. The van der Waals surface area contributed by atoms with Crippen LogP contribution < -0.4 is 9.64 Å². The standard InChI is InChI=1S/C26H28FNO.C4H10O2.C2H4O2/c1-18-12-13-28(17-18)23-8-4-20(5-9-23)15-21-6-7-22(14-19(21)2)25-16-24(29-3)10-11-26(25)27;1-6-4-2-3-5;1-2(3)4/h4-11,14,16,18H,12-13,15,17H2,1-3H3;5H,2-4H2,1H3;1H3,(H,3,4). The first-order chi connectivity index (χ1) is 18.7. The Labute approximate surface area is 232 Å². The van der Waals surface area contributed by atoms with Gasteiger partial charge in [-0.3, -0.25) is 4.79 Å². The van der Waals surface area contributed by atoms with Crippen LogP contribution in [-0.4, -0.2) is 56.7 Å². The molecule has 1 fully saturated rings. The van der Waals surface area contributed by atoms with Crippen molar-refractivity contribution in [3.05, 3.63) is 83.2 Å². The highest BCUT2D eigenvalue weighted by Crippen LogP contribution is 2.30. The van der Waals surface area contributed by atoms with Crippen molar-refractivity contribution < 1.29 is 28.9 Å². The average Bonchev–Trinajstić information content (AvgIpc) is 3.35. The number of nitrogens with zero attached hydrogens (tertiary/aromatic N) is 1. The van der Waals surface area contributed by atoms with E-state index in [-0.39, 0.29) is 12.4 Å². The zero-order valence-corrected chi connectivity index (χ0v) is 23.7. The predicted octanol–water partition coefficient (Wildman–Crippen LogP) is 6.35. The first-order valence-electron chi connectivity index (χ1n) is 13.2. The minimum absolute atomic E-state index is 0.230. The van der Waals surface area contributed by atoms with E-state index in [0.717, 1.165) is 44.3 Å². The number of aliphatic hydroxyl groups excluding tert-OH is 1. The van der Waals surface area contributed by atoms with Gasteiger partial charge in [-0.25, -0.2) is 4.39 Å². The van der Waals surface area contributed by atoms with Gasteiger partial charge in [-0.15, -0.1) is 0 Å². The number of carbonyl (C=O) groups is 1. The van der Waals surface area contributed by atoms with E-state index in [1.54, 1.807) is 26.4 Å². The summed E-state index contributed by atoms with van der Waals surface area (Å²) in [6.45, 7) is 8.70. The van der Waals surface area contributed by atoms with E-state index < -0.39 is 5.97 Å². The number of aryl methyl sites for hydroxylation is 1. The Morgan fingerprint density at radius 1 is 1.08 bits per heavy atom. The van der Waals surface area contributed by atoms with E-state index in [0.29, 0.717) is 17.9 Å². The third kappa shape index (κ3) is 10.7. The van der Waals surface area contributed by atoms with Crippen LogP contribution in [0.2, 0.25) is 0 Å². The zero-order chi connectivity index (χ0) is 28.8. The molecule has 0 bridgehead atoms. The fourth-order valence-electron chi connectivity index (χ4n) is 4.34. The number of rotatable bonds is 8.